The Hall–Kier alpha value is -0.610. The molecule has 0 aromatic heterocycles. The monoisotopic (exact) mass is 229 g/mol. The third kappa shape index (κ3) is 3.76. The average molecular weight is 229 g/mol. The van der Waals surface area contributed by atoms with Crippen molar-refractivity contribution in [2.24, 2.45) is 5.92 Å². The van der Waals surface area contributed by atoms with E-state index in [1.54, 1.807) is 7.11 Å². The van der Waals surface area contributed by atoms with Crippen LogP contribution >= 0.6 is 0 Å². The molecule has 0 radical (unpaired) electrons. The van der Waals surface area contributed by atoms with Crippen molar-refractivity contribution in [1.29, 1.82) is 0 Å². The summed E-state index contributed by atoms with van der Waals surface area (Å²) in [6, 6.07) is 0.211. The van der Waals surface area contributed by atoms with Gasteiger partial charge in [-0.15, -0.1) is 0 Å². The van der Waals surface area contributed by atoms with Crippen molar-refractivity contribution in [3.63, 3.8) is 0 Å². The fourth-order valence-corrected chi connectivity index (χ4v) is 2.55. The smallest absolute Gasteiger partial charge is 0.308 e. The van der Waals surface area contributed by atoms with Crippen molar-refractivity contribution in [3.05, 3.63) is 0 Å². The molecule has 0 bridgehead atoms. The van der Waals surface area contributed by atoms with Crippen molar-refractivity contribution >= 4 is 5.97 Å². The number of hydrogen-bond acceptors (Lipinski definition) is 3. The SMILES string of the molecule is COCCCN(C)C1CCCCC1C(=O)O. The Kier molecular flexibility index (Phi) is 5.77. The van der Waals surface area contributed by atoms with Gasteiger partial charge in [0.1, 0.15) is 0 Å². The van der Waals surface area contributed by atoms with Gasteiger partial charge in [-0.2, -0.15) is 0 Å². The van der Waals surface area contributed by atoms with E-state index in [1.807, 2.05) is 7.05 Å². The minimum atomic E-state index is -0.636. The van der Waals surface area contributed by atoms with Gasteiger partial charge in [0.2, 0.25) is 0 Å². The van der Waals surface area contributed by atoms with Crippen LogP contribution in [-0.4, -0.2) is 49.3 Å². The largest absolute Gasteiger partial charge is 0.481 e. The molecule has 1 aliphatic carbocycles. The molecule has 4 heteroatoms. The van der Waals surface area contributed by atoms with Crippen LogP contribution in [0.1, 0.15) is 32.1 Å². The number of hydrogen-bond donors (Lipinski definition) is 1. The van der Waals surface area contributed by atoms with Crippen LogP contribution in [0.2, 0.25) is 0 Å². The fourth-order valence-electron chi connectivity index (χ4n) is 2.55. The summed E-state index contributed by atoms with van der Waals surface area (Å²) in [4.78, 5) is 13.3. The maximum absolute atomic E-state index is 11.1. The van der Waals surface area contributed by atoms with Gasteiger partial charge in [0.05, 0.1) is 5.92 Å². The van der Waals surface area contributed by atoms with Gasteiger partial charge >= 0.3 is 5.97 Å². The standard InChI is InChI=1S/C12H23NO3/c1-13(8-5-9-16-2)11-7-4-3-6-10(11)12(14)15/h10-11H,3-9H2,1-2H3,(H,14,15). The van der Waals surface area contributed by atoms with Gasteiger partial charge in [0.25, 0.3) is 0 Å². The molecule has 1 aliphatic rings. The van der Waals surface area contributed by atoms with Gasteiger partial charge in [-0.25, -0.2) is 0 Å². The Bertz CT molecular complexity index is 220. The summed E-state index contributed by atoms with van der Waals surface area (Å²) in [7, 11) is 3.72. The molecule has 1 saturated carbocycles. The summed E-state index contributed by atoms with van der Waals surface area (Å²) in [6.07, 6.45) is 5.02. The minimum Gasteiger partial charge on any atom is -0.481 e. The first kappa shape index (κ1) is 13.5. The van der Waals surface area contributed by atoms with Crippen molar-refractivity contribution in [3.8, 4) is 0 Å². The zero-order valence-corrected chi connectivity index (χ0v) is 10.3. The van der Waals surface area contributed by atoms with Crippen LogP contribution in [0.3, 0.4) is 0 Å². The molecule has 0 heterocycles. The maximum atomic E-state index is 11.1. The molecule has 2 unspecified atom stereocenters. The highest BCUT2D eigenvalue weighted by Crippen LogP contribution is 2.28. The van der Waals surface area contributed by atoms with Gasteiger partial charge in [-0.05, 0) is 26.3 Å². The molecule has 2 atom stereocenters. The lowest BCUT2D eigenvalue weighted by molar-refractivity contribution is -0.145. The third-order valence-electron chi connectivity index (χ3n) is 3.47. The summed E-state index contributed by atoms with van der Waals surface area (Å²) in [5, 5.41) is 9.18. The number of methoxy groups -OCH3 is 1. The topological polar surface area (TPSA) is 49.8 Å². The number of carboxylic acid groups (broad SMARTS) is 1. The van der Waals surface area contributed by atoms with Gasteiger partial charge in [0.15, 0.2) is 0 Å². The first-order valence-electron chi connectivity index (χ1n) is 6.08. The highest BCUT2D eigenvalue weighted by atomic mass is 16.5. The van der Waals surface area contributed by atoms with Crippen LogP contribution in [0.25, 0.3) is 0 Å². The first-order valence-corrected chi connectivity index (χ1v) is 6.08. The predicted octanol–water partition coefficient (Wildman–Crippen LogP) is 1.60. The number of carboxylic acids is 1. The summed E-state index contributed by atoms with van der Waals surface area (Å²) in [5.74, 6) is -0.815. The third-order valence-corrected chi connectivity index (χ3v) is 3.47. The molecule has 1 fully saturated rings. The van der Waals surface area contributed by atoms with Crippen LogP contribution in [0, 0.1) is 5.92 Å². The molecule has 1 rings (SSSR count). The normalized spacial score (nSPS) is 25.9. The molecule has 0 saturated heterocycles. The second kappa shape index (κ2) is 6.86. The second-order valence-corrected chi connectivity index (χ2v) is 4.62. The molecule has 0 aromatic rings. The highest BCUT2D eigenvalue weighted by molar-refractivity contribution is 5.71. The molecule has 0 aliphatic heterocycles. The van der Waals surface area contributed by atoms with Gasteiger partial charge in [-0.3, -0.25) is 4.79 Å². The lowest BCUT2D eigenvalue weighted by Gasteiger charge is -2.35. The summed E-state index contributed by atoms with van der Waals surface area (Å²) in [6.45, 7) is 1.66. The molecule has 4 nitrogen and oxygen atoms in total. The zero-order chi connectivity index (χ0) is 12.0. The number of carbonyl (C=O) groups is 1. The van der Waals surface area contributed by atoms with Crippen molar-refractivity contribution < 1.29 is 14.6 Å². The maximum Gasteiger partial charge on any atom is 0.308 e. The van der Waals surface area contributed by atoms with E-state index < -0.39 is 5.97 Å². The molecule has 16 heavy (non-hydrogen) atoms. The first-order chi connectivity index (χ1) is 7.66. The van der Waals surface area contributed by atoms with Gasteiger partial charge in [0, 0.05) is 26.3 Å². The number of rotatable bonds is 6. The van der Waals surface area contributed by atoms with Crippen molar-refractivity contribution in [1.82, 2.24) is 4.90 Å². The predicted molar refractivity (Wildman–Crippen MR) is 62.5 cm³/mol. The summed E-state index contributed by atoms with van der Waals surface area (Å²) >= 11 is 0. The van der Waals surface area contributed by atoms with Gasteiger partial charge < -0.3 is 14.7 Å². The Labute approximate surface area is 97.6 Å². The van der Waals surface area contributed by atoms with Crippen LogP contribution in [-0.2, 0) is 9.53 Å². The van der Waals surface area contributed by atoms with E-state index in [1.165, 1.54) is 0 Å². The van der Waals surface area contributed by atoms with E-state index in [4.69, 9.17) is 4.74 Å². The molecule has 94 valence electrons. The zero-order valence-electron chi connectivity index (χ0n) is 10.3. The molecule has 0 amide bonds. The number of aliphatic carboxylic acids is 1. The van der Waals surface area contributed by atoms with Crippen LogP contribution in [0.15, 0.2) is 0 Å². The number of ether oxygens (including phenoxy) is 1. The van der Waals surface area contributed by atoms with Crippen LogP contribution in [0.5, 0.6) is 0 Å². The van der Waals surface area contributed by atoms with E-state index in [9.17, 15) is 9.90 Å². The van der Waals surface area contributed by atoms with Crippen LogP contribution < -0.4 is 0 Å². The summed E-state index contributed by atoms with van der Waals surface area (Å²) < 4.78 is 5.01. The highest BCUT2D eigenvalue weighted by Gasteiger charge is 2.32. The molecule has 0 aromatic carbocycles. The van der Waals surface area contributed by atoms with E-state index in [0.29, 0.717) is 0 Å². The molecule has 1 N–H and O–H groups in total. The Morgan fingerprint density at radius 3 is 2.75 bits per heavy atom. The van der Waals surface area contributed by atoms with E-state index >= 15 is 0 Å². The van der Waals surface area contributed by atoms with Crippen LogP contribution in [0.4, 0.5) is 0 Å². The Morgan fingerprint density at radius 2 is 2.12 bits per heavy atom. The Morgan fingerprint density at radius 1 is 1.44 bits per heavy atom. The van der Waals surface area contributed by atoms with E-state index in [0.717, 1.165) is 45.3 Å². The van der Waals surface area contributed by atoms with Crippen molar-refractivity contribution in [2.45, 2.75) is 38.1 Å². The fraction of sp³-hybridized carbons (Fsp3) is 0.917. The quantitative estimate of drug-likeness (QED) is 0.703. The lowest BCUT2D eigenvalue weighted by atomic mass is 9.83. The van der Waals surface area contributed by atoms with Crippen molar-refractivity contribution in [2.75, 3.05) is 27.3 Å². The number of nitrogens with zero attached hydrogens (tertiary/aromatic N) is 1. The minimum absolute atomic E-state index is 0.179. The summed E-state index contributed by atoms with van der Waals surface area (Å²) in [5.41, 5.74) is 0. The van der Waals surface area contributed by atoms with E-state index in [2.05, 4.69) is 4.90 Å². The van der Waals surface area contributed by atoms with E-state index in [-0.39, 0.29) is 12.0 Å². The molecule has 0 spiro atoms. The Balaban J connectivity index is 2.43. The average Bonchev–Trinajstić information content (AvgIpc) is 2.29. The molecular weight excluding hydrogens is 206 g/mol. The van der Waals surface area contributed by atoms with Gasteiger partial charge in [-0.1, -0.05) is 12.8 Å². The molecular formula is C12H23NO3. The second-order valence-electron chi connectivity index (χ2n) is 4.62. The lowest BCUT2D eigenvalue weighted by Crippen LogP contribution is -2.43.